The van der Waals surface area contributed by atoms with E-state index in [1.807, 2.05) is 24.3 Å². The van der Waals surface area contributed by atoms with Crippen LogP contribution < -0.4 is 15.8 Å². The largest absolute Gasteiger partial charge is 0.497 e. The summed E-state index contributed by atoms with van der Waals surface area (Å²) in [5.74, 6) is 1.55. The third-order valence-corrected chi connectivity index (χ3v) is 4.39. The van der Waals surface area contributed by atoms with Gasteiger partial charge in [0.2, 0.25) is 0 Å². The summed E-state index contributed by atoms with van der Waals surface area (Å²) in [5, 5.41) is 3.25. The first kappa shape index (κ1) is 14.0. The highest BCUT2D eigenvalue weighted by Gasteiger charge is 2.36. The summed E-state index contributed by atoms with van der Waals surface area (Å²) in [6.45, 7) is 0.739. The van der Waals surface area contributed by atoms with Crippen molar-refractivity contribution in [1.82, 2.24) is 5.32 Å². The molecular formula is C17H17BrN2O. The van der Waals surface area contributed by atoms with Crippen LogP contribution in [-0.4, -0.2) is 13.7 Å². The Morgan fingerprint density at radius 2 is 1.86 bits per heavy atom. The average molecular weight is 345 g/mol. The lowest BCUT2D eigenvalue weighted by Gasteiger charge is -2.28. The lowest BCUT2D eigenvalue weighted by molar-refractivity contribution is 0.413. The molecule has 3 rings (SSSR count). The molecule has 1 aliphatic rings. The number of hydrogen-bond donors (Lipinski definition) is 2. The van der Waals surface area contributed by atoms with Crippen molar-refractivity contribution in [3.05, 3.63) is 76.0 Å². The van der Waals surface area contributed by atoms with Crippen LogP contribution in [0.3, 0.4) is 0 Å². The number of nitrogens with two attached hydrogens (primary N) is 1. The molecule has 0 fully saturated rings. The van der Waals surface area contributed by atoms with Crippen LogP contribution in [0.5, 0.6) is 5.75 Å². The fraction of sp³-hybridized carbons (Fsp3) is 0.176. The van der Waals surface area contributed by atoms with Crippen LogP contribution in [0.25, 0.3) is 0 Å². The summed E-state index contributed by atoms with van der Waals surface area (Å²) < 4.78 is 6.42. The average Bonchev–Trinajstić information content (AvgIpc) is 2.91. The molecule has 1 atom stereocenters. The van der Waals surface area contributed by atoms with Gasteiger partial charge in [0.1, 0.15) is 5.75 Å². The van der Waals surface area contributed by atoms with Gasteiger partial charge in [0, 0.05) is 11.0 Å². The van der Waals surface area contributed by atoms with Crippen LogP contribution in [0.1, 0.15) is 11.1 Å². The normalized spacial score (nSPS) is 20.8. The molecule has 3 N–H and O–H groups in total. The first-order valence-corrected chi connectivity index (χ1v) is 7.56. The molecule has 0 amide bonds. The fourth-order valence-corrected chi connectivity index (χ4v) is 3.21. The van der Waals surface area contributed by atoms with Crippen LogP contribution in [0, 0.1) is 0 Å². The Bertz CT molecular complexity index is 699. The highest BCUT2D eigenvalue weighted by atomic mass is 79.9. The van der Waals surface area contributed by atoms with Crippen LogP contribution in [0.15, 0.2) is 64.9 Å². The van der Waals surface area contributed by atoms with Crippen molar-refractivity contribution in [2.45, 2.75) is 5.41 Å². The summed E-state index contributed by atoms with van der Waals surface area (Å²) in [5.41, 5.74) is 8.08. The molecule has 0 bridgehead atoms. The molecule has 1 unspecified atom stereocenters. The smallest absolute Gasteiger partial charge is 0.119 e. The molecule has 0 radical (unpaired) electrons. The van der Waals surface area contributed by atoms with E-state index < -0.39 is 0 Å². The van der Waals surface area contributed by atoms with E-state index in [9.17, 15) is 0 Å². The molecule has 2 aromatic rings. The molecule has 0 saturated heterocycles. The Labute approximate surface area is 132 Å². The SMILES string of the molecule is COc1cccc(C2(c3cccc(Br)c3)C=C(N)NC2)c1. The molecule has 3 nitrogen and oxygen atoms in total. The maximum atomic E-state index is 6.00. The molecule has 0 aromatic heterocycles. The maximum Gasteiger partial charge on any atom is 0.119 e. The van der Waals surface area contributed by atoms with Crippen LogP contribution in [0.4, 0.5) is 0 Å². The van der Waals surface area contributed by atoms with Crippen molar-refractivity contribution in [3.8, 4) is 5.75 Å². The van der Waals surface area contributed by atoms with Crippen molar-refractivity contribution >= 4 is 15.9 Å². The number of halogens is 1. The minimum atomic E-state index is -0.275. The number of rotatable bonds is 3. The second-order valence-electron chi connectivity index (χ2n) is 5.17. The van der Waals surface area contributed by atoms with Gasteiger partial charge in [0.15, 0.2) is 0 Å². The van der Waals surface area contributed by atoms with Gasteiger partial charge < -0.3 is 15.8 Å². The summed E-state index contributed by atoms with van der Waals surface area (Å²) in [6, 6.07) is 16.5. The Morgan fingerprint density at radius 3 is 2.48 bits per heavy atom. The molecule has 1 aliphatic heterocycles. The number of nitrogens with one attached hydrogen (secondary N) is 1. The monoisotopic (exact) mass is 344 g/mol. The van der Waals surface area contributed by atoms with E-state index in [0.29, 0.717) is 5.82 Å². The molecule has 2 aromatic carbocycles. The summed E-state index contributed by atoms with van der Waals surface area (Å²) in [7, 11) is 1.68. The third kappa shape index (κ3) is 2.51. The van der Waals surface area contributed by atoms with Gasteiger partial charge in [0.05, 0.1) is 18.3 Å². The topological polar surface area (TPSA) is 47.3 Å². The van der Waals surface area contributed by atoms with Gasteiger partial charge in [-0.25, -0.2) is 0 Å². The lowest BCUT2D eigenvalue weighted by Crippen LogP contribution is -2.31. The molecule has 0 spiro atoms. The Kier molecular flexibility index (Phi) is 3.64. The number of methoxy groups -OCH3 is 1. The maximum absolute atomic E-state index is 6.00. The second-order valence-corrected chi connectivity index (χ2v) is 6.08. The molecule has 0 saturated carbocycles. The Morgan fingerprint density at radius 1 is 1.14 bits per heavy atom. The quantitative estimate of drug-likeness (QED) is 0.899. The molecule has 0 aliphatic carbocycles. The first-order chi connectivity index (χ1) is 10.1. The predicted octanol–water partition coefficient (Wildman–Crippen LogP) is 3.15. The minimum absolute atomic E-state index is 0.275. The number of hydrogen-bond acceptors (Lipinski definition) is 3. The fourth-order valence-electron chi connectivity index (χ4n) is 2.81. The highest BCUT2D eigenvalue weighted by molar-refractivity contribution is 9.10. The molecule has 108 valence electrons. The summed E-state index contributed by atoms with van der Waals surface area (Å²) >= 11 is 3.55. The minimum Gasteiger partial charge on any atom is -0.497 e. The number of ether oxygens (including phenoxy) is 1. The van der Waals surface area contributed by atoms with Crippen LogP contribution in [-0.2, 0) is 5.41 Å². The van der Waals surface area contributed by atoms with Gasteiger partial charge >= 0.3 is 0 Å². The van der Waals surface area contributed by atoms with Crippen molar-refractivity contribution in [3.63, 3.8) is 0 Å². The number of benzene rings is 2. The van der Waals surface area contributed by atoms with Crippen molar-refractivity contribution in [2.24, 2.45) is 5.73 Å². The van der Waals surface area contributed by atoms with Gasteiger partial charge in [-0.05, 0) is 41.5 Å². The van der Waals surface area contributed by atoms with Gasteiger partial charge in [-0.2, -0.15) is 0 Å². The lowest BCUT2D eigenvalue weighted by atomic mass is 9.75. The zero-order valence-corrected chi connectivity index (χ0v) is 13.4. The van der Waals surface area contributed by atoms with E-state index in [1.54, 1.807) is 7.11 Å². The van der Waals surface area contributed by atoms with E-state index in [0.717, 1.165) is 22.3 Å². The second kappa shape index (κ2) is 5.45. The standard InChI is InChI=1S/C17H17BrN2O/c1-21-15-7-3-5-13(9-15)17(10-16(19)20-11-17)12-4-2-6-14(18)8-12/h2-10,20H,11,19H2,1H3. The van der Waals surface area contributed by atoms with Gasteiger partial charge in [-0.15, -0.1) is 0 Å². The van der Waals surface area contributed by atoms with Gasteiger partial charge in [0.25, 0.3) is 0 Å². The molecule has 4 heteroatoms. The zero-order valence-electron chi connectivity index (χ0n) is 11.8. The zero-order chi connectivity index (χ0) is 14.9. The summed E-state index contributed by atoms with van der Waals surface area (Å²) in [6.07, 6.45) is 2.09. The van der Waals surface area contributed by atoms with E-state index in [1.165, 1.54) is 5.56 Å². The molecular weight excluding hydrogens is 328 g/mol. The summed E-state index contributed by atoms with van der Waals surface area (Å²) in [4.78, 5) is 0. The third-order valence-electron chi connectivity index (χ3n) is 3.90. The van der Waals surface area contributed by atoms with Crippen molar-refractivity contribution in [2.75, 3.05) is 13.7 Å². The van der Waals surface area contributed by atoms with Crippen molar-refractivity contribution in [1.29, 1.82) is 0 Å². The van der Waals surface area contributed by atoms with E-state index >= 15 is 0 Å². The Hall–Kier alpha value is -1.94. The van der Waals surface area contributed by atoms with Crippen molar-refractivity contribution < 1.29 is 4.74 Å². The van der Waals surface area contributed by atoms with Gasteiger partial charge in [-0.3, -0.25) is 0 Å². The highest BCUT2D eigenvalue weighted by Crippen LogP contribution is 2.38. The van der Waals surface area contributed by atoms with Crippen LogP contribution >= 0.6 is 15.9 Å². The van der Waals surface area contributed by atoms with Crippen LogP contribution in [0.2, 0.25) is 0 Å². The van der Waals surface area contributed by atoms with Gasteiger partial charge in [-0.1, -0.05) is 40.2 Å². The molecule has 21 heavy (non-hydrogen) atoms. The first-order valence-electron chi connectivity index (χ1n) is 6.77. The Balaban J connectivity index is 2.18. The van der Waals surface area contributed by atoms with E-state index in [4.69, 9.17) is 10.5 Å². The van der Waals surface area contributed by atoms with E-state index in [-0.39, 0.29) is 5.41 Å². The predicted molar refractivity (Wildman–Crippen MR) is 88.2 cm³/mol. The molecule has 1 heterocycles. The van der Waals surface area contributed by atoms with E-state index in [2.05, 4.69) is 51.6 Å².